The minimum Gasteiger partial charge on any atom is -0.457 e. The van der Waals surface area contributed by atoms with E-state index in [0.717, 1.165) is 5.75 Å². The molecule has 2 aromatic heterocycles. The van der Waals surface area contributed by atoms with E-state index < -0.39 is 0 Å². The molecule has 1 N–H and O–H groups in total. The number of imidazole rings is 1. The normalized spacial score (nSPS) is 10.8. The van der Waals surface area contributed by atoms with E-state index in [9.17, 15) is 4.79 Å². The zero-order valence-electron chi connectivity index (χ0n) is 12.1. The molecule has 0 atom stereocenters. The average Bonchev–Trinajstić information content (AvgIpc) is 2.92. The molecule has 0 radical (unpaired) electrons. The van der Waals surface area contributed by atoms with Gasteiger partial charge >= 0.3 is 5.69 Å². The Morgan fingerprint density at radius 3 is 2.61 bits per heavy atom. The van der Waals surface area contributed by atoms with Crippen molar-refractivity contribution in [1.29, 1.82) is 0 Å². The van der Waals surface area contributed by atoms with Gasteiger partial charge in [0.25, 0.3) is 0 Å². The van der Waals surface area contributed by atoms with Crippen molar-refractivity contribution in [3.05, 3.63) is 83.4 Å². The lowest BCUT2D eigenvalue weighted by Crippen LogP contribution is -2.14. The number of nitrogens with zero attached hydrogens (tertiary/aromatic N) is 2. The number of fused-ring (bicyclic) bond motifs is 1. The maximum Gasteiger partial charge on any atom is 0.332 e. The van der Waals surface area contributed by atoms with Gasteiger partial charge in [0.2, 0.25) is 0 Å². The van der Waals surface area contributed by atoms with E-state index in [1.807, 2.05) is 60.7 Å². The zero-order chi connectivity index (χ0) is 15.6. The molecule has 2 heterocycles. The summed E-state index contributed by atoms with van der Waals surface area (Å²) in [5, 5.41) is 0. The molecular formula is C18H13N3O2. The van der Waals surface area contributed by atoms with Crippen LogP contribution in [0.5, 0.6) is 11.5 Å². The lowest BCUT2D eigenvalue weighted by Gasteiger charge is -2.08. The summed E-state index contributed by atoms with van der Waals surface area (Å²) in [6.45, 7) is 0. The smallest absolute Gasteiger partial charge is 0.332 e. The number of hydrogen-bond donors (Lipinski definition) is 1. The second-order valence-corrected chi connectivity index (χ2v) is 5.05. The van der Waals surface area contributed by atoms with Gasteiger partial charge in [-0.05, 0) is 36.4 Å². The fourth-order valence-corrected chi connectivity index (χ4v) is 2.49. The number of para-hydroxylation sites is 1. The van der Waals surface area contributed by atoms with Crippen LogP contribution in [0.2, 0.25) is 0 Å². The van der Waals surface area contributed by atoms with E-state index in [1.54, 1.807) is 12.3 Å². The summed E-state index contributed by atoms with van der Waals surface area (Å²) in [5.41, 5.74) is 1.77. The van der Waals surface area contributed by atoms with Crippen molar-refractivity contribution >= 4 is 11.2 Å². The number of ether oxygens (including phenoxy) is 1. The van der Waals surface area contributed by atoms with Gasteiger partial charge in [-0.2, -0.15) is 0 Å². The van der Waals surface area contributed by atoms with Gasteiger partial charge in [-0.3, -0.25) is 0 Å². The first-order valence-electron chi connectivity index (χ1n) is 7.20. The van der Waals surface area contributed by atoms with Crippen LogP contribution in [0, 0.1) is 0 Å². The number of aromatic nitrogens is 3. The predicted octanol–water partition coefficient (Wildman–Crippen LogP) is 3.51. The lowest BCUT2D eigenvalue weighted by atomic mass is 10.3. The molecule has 2 aromatic carbocycles. The van der Waals surface area contributed by atoms with Crippen molar-refractivity contribution < 1.29 is 4.74 Å². The number of pyridine rings is 1. The van der Waals surface area contributed by atoms with Crippen LogP contribution < -0.4 is 10.4 Å². The molecule has 0 spiro atoms. The van der Waals surface area contributed by atoms with E-state index in [1.165, 1.54) is 4.57 Å². The Kier molecular flexibility index (Phi) is 3.16. The highest BCUT2D eigenvalue weighted by atomic mass is 16.5. The van der Waals surface area contributed by atoms with E-state index in [-0.39, 0.29) is 5.69 Å². The highest BCUT2D eigenvalue weighted by Gasteiger charge is 2.10. The fraction of sp³-hybridized carbons (Fsp3) is 0. The third kappa shape index (κ3) is 2.48. The van der Waals surface area contributed by atoms with Gasteiger partial charge in [-0.15, -0.1) is 0 Å². The summed E-state index contributed by atoms with van der Waals surface area (Å²) in [6.07, 6.45) is 1.66. The maximum absolute atomic E-state index is 12.2. The van der Waals surface area contributed by atoms with Gasteiger partial charge in [0.1, 0.15) is 11.5 Å². The fourth-order valence-electron chi connectivity index (χ4n) is 2.49. The van der Waals surface area contributed by atoms with Gasteiger partial charge in [-0.25, -0.2) is 14.3 Å². The van der Waals surface area contributed by atoms with Crippen LogP contribution in [0.15, 0.2) is 77.7 Å². The van der Waals surface area contributed by atoms with Crippen LogP contribution in [-0.2, 0) is 0 Å². The van der Waals surface area contributed by atoms with Crippen molar-refractivity contribution in [2.24, 2.45) is 0 Å². The van der Waals surface area contributed by atoms with Crippen LogP contribution in [0.1, 0.15) is 0 Å². The van der Waals surface area contributed by atoms with Gasteiger partial charge in [-0.1, -0.05) is 24.3 Å². The molecule has 4 aromatic rings. The SMILES string of the molecule is O=c1[nH]c2cccnc2n1-c1cccc(Oc2ccccc2)c1. The Morgan fingerprint density at radius 1 is 0.913 bits per heavy atom. The number of aromatic amines is 1. The molecule has 0 saturated carbocycles. The van der Waals surface area contributed by atoms with Gasteiger partial charge in [0.15, 0.2) is 5.65 Å². The maximum atomic E-state index is 12.2. The van der Waals surface area contributed by atoms with Gasteiger partial charge in [0.05, 0.1) is 11.2 Å². The van der Waals surface area contributed by atoms with Crippen LogP contribution >= 0.6 is 0 Å². The third-order valence-electron chi connectivity index (χ3n) is 3.50. The molecule has 112 valence electrons. The molecule has 0 saturated heterocycles. The standard InChI is InChI=1S/C18H13N3O2/c22-18-20-16-10-5-11-19-17(16)21(18)13-6-4-9-15(12-13)23-14-7-2-1-3-8-14/h1-12H,(H,20,22). The number of nitrogens with one attached hydrogen (secondary N) is 1. The average molecular weight is 303 g/mol. The summed E-state index contributed by atoms with van der Waals surface area (Å²) in [7, 11) is 0. The van der Waals surface area contributed by atoms with Crippen LogP contribution in [0.4, 0.5) is 0 Å². The van der Waals surface area contributed by atoms with E-state index in [0.29, 0.717) is 22.6 Å². The Morgan fingerprint density at radius 2 is 1.74 bits per heavy atom. The molecule has 0 fully saturated rings. The molecule has 5 heteroatoms. The molecule has 0 unspecified atom stereocenters. The number of benzene rings is 2. The monoisotopic (exact) mass is 303 g/mol. The summed E-state index contributed by atoms with van der Waals surface area (Å²) >= 11 is 0. The molecule has 0 aliphatic carbocycles. The van der Waals surface area contributed by atoms with Crippen LogP contribution in [0.3, 0.4) is 0 Å². The first-order valence-corrected chi connectivity index (χ1v) is 7.20. The number of H-pyrrole nitrogens is 1. The first-order chi connectivity index (χ1) is 11.3. The Labute approximate surface area is 131 Å². The van der Waals surface area contributed by atoms with Gasteiger partial charge in [0, 0.05) is 12.3 Å². The Bertz CT molecular complexity index is 1020. The van der Waals surface area contributed by atoms with E-state index in [4.69, 9.17) is 4.74 Å². The molecule has 0 aliphatic rings. The molecule has 0 amide bonds. The van der Waals surface area contributed by atoms with E-state index in [2.05, 4.69) is 9.97 Å². The first kappa shape index (κ1) is 13.3. The third-order valence-corrected chi connectivity index (χ3v) is 3.50. The summed E-state index contributed by atoms with van der Waals surface area (Å²) in [5.74, 6) is 1.40. The largest absolute Gasteiger partial charge is 0.457 e. The van der Waals surface area contributed by atoms with Crippen molar-refractivity contribution in [2.45, 2.75) is 0 Å². The van der Waals surface area contributed by atoms with Crippen molar-refractivity contribution in [3.8, 4) is 17.2 Å². The summed E-state index contributed by atoms with van der Waals surface area (Å²) < 4.78 is 7.36. The second-order valence-electron chi connectivity index (χ2n) is 5.05. The summed E-state index contributed by atoms with van der Waals surface area (Å²) in [4.78, 5) is 19.3. The van der Waals surface area contributed by atoms with Gasteiger partial charge < -0.3 is 9.72 Å². The molecule has 0 bridgehead atoms. The molecule has 5 nitrogen and oxygen atoms in total. The summed E-state index contributed by atoms with van der Waals surface area (Å²) in [6, 6.07) is 20.5. The second kappa shape index (κ2) is 5.46. The number of hydrogen-bond acceptors (Lipinski definition) is 3. The minimum atomic E-state index is -0.226. The highest BCUT2D eigenvalue weighted by Crippen LogP contribution is 2.23. The zero-order valence-corrected chi connectivity index (χ0v) is 12.1. The van der Waals surface area contributed by atoms with Crippen LogP contribution in [-0.4, -0.2) is 14.5 Å². The molecular weight excluding hydrogens is 290 g/mol. The van der Waals surface area contributed by atoms with Crippen molar-refractivity contribution in [1.82, 2.24) is 14.5 Å². The van der Waals surface area contributed by atoms with E-state index >= 15 is 0 Å². The topological polar surface area (TPSA) is 59.9 Å². The quantitative estimate of drug-likeness (QED) is 0.630. The Hall–Kier alpha value is -3.34. The highest BCUT2D eigenvalue weighted by molar-refractivity contribution is 5.72. The predicted molar refractivity (Wildman–Crippen MR) is 88.2 cm³/mol. The lowest BCUT2D eigenvalue weighted by molar-refractivity contribution is 0.482. The molecule has 0 aliphatic heterocycles. The molecule has 23 heavy (non-hydrogen) atoms. The Balaban J connectivity index is 1.79. The minimum absolute atomic E-state index is 0.226. The van der Waals surface area contributed by atoms with Crippen molar-refractivity contribution in [3.63, 3.8) is 0 Å². The number of rotatable bonds is 3. The van der Waals surface area contributed by atoms with Crippen LogP contribution in [0.25, 0.3) is 16.9 Å². The molecule has 4 rings (SSSR count). The van der Waals surface area contributed by atoms with Crippen molar-refractivity contribution in [2.75, 3.05) is 0 Å².